The van der Waals surface area contributed by atoms with Crippen LogP contribution in [0.3, 0.4) is 0 Å². The Morgan fingerprint density at radius 1 is 1.00 bits per heavy atom. The molecule has 1 heterocycles. The summed E-state index contributed by atoms with van der Waals surface area (Å²) in [5.74, 6) is 0.750. The lowest BCUT2D eigenvalue weighted by Crippen LogP contribution is -2.33. The third kappa shape index (κ3) is 12.6. The quantitative estimate of drug-likeness (QED) is 0.126. The van der Waals surface area contributed by atoms with Crippen LogP contribution in [-0.4, -0.2) is 59.8 Å². The van der Waals surface area contributed by atoms with E-state index in [1.807, 2.05) is 29.9 Å². The van der Waals surface area contributed by atoms with Gasteiger partial charge >= 0.3 is 5.97 Å². The first-order valence-electron chi connectivity index (χ1n) is 14.2. The first-order valence-corrected chi connectivity index (χ1v) is 14.2. The van der Waals surface area contributed by atoms with Crippen LogP contribution in [0.15, 0.2) is 18.3 Å². The largest absolute Gasteiger partial charge is 0.490 e. The van der Waals surface area contributed by atoms with Gasteiger partial charge in [0.1, 0.15) is 7.85 Å². The van der Waals surface area contributed by atoms with Gasteiger partial charge in [-0.25, -0.2) is 0 Å². The number of esters is 1. The van der Waals surface area contributed by atoms with E-state index in [-0.39, 0.29) is 22.6 Å². The standard InChI is InChI=1S/C30H50BN3O5/c1-22-17-24(19-31)18-26(27(22)39-23(2)35)36-15-10-11-25-20-34(33-32-25)14-12-29(6,7)37-16-13-30(8,9)38-21-28(3,4)5/h17-18,20H,10-16,19,21,31H2,1-9H3. The molecule has 0 aliphatic heterocycles. The van der Waals surface area contributed by atoms with Gasteiger partial charge in [-0.1, -0.05) is 43.9 Å². The summed E-state index contributed by atoms with van der Waals surface area (Å²) in [4.78, 5) is 11.5. The number of carbonyl (C=O) groups is 1. The molecular formula is C30H50BN3O5. The molecule has 1 aromatic carbocycles. The molecule has 0 unspecified atom stereocenters. The van der Waals surface area contributed by atoms with E-state index in [1.54, 1.807) is 0 Å². The molecule has 0 aliphatic carbocycles. The fourth-order valence-electron chi connectivity index (χ4n) is 3.91. The van der Waals surface area contributed by atoms with Crippen LogP contribution in [0.4, 0.5) is 0 Å². The predicted molar refractivity (Wildman–Crippen MR) is 157 cm³/mol. The number of aromatic nitrogens is 3. The second kappa shape index (κ2) is 14.3. The number of benzene rings is 1. The molecule has 0 fully saturated rings. The summed E-state index contributed by atoms with van der Waals surface area (Å²) in [5, 5.41) is 8.62. The fraction of sp³-hybridized carbons (Fsp3) is 0.700. The van der Waals surface area contributed by atoms with E-state index in [2.05, 4.69) is 66.6 Å². The maximum absolute atomic E-state index is 11.5. The van der Waals surface area contributed by atoms with Crippen molar-refractivity contribution >= 4 is 13.8 Å². The van der Waals surface area contributed by atoms with Gasteiger partial charge in [-0.15, -0.1) is 5.10 Å². The summed E-state index contributed by atoms with van der Waals surface area (Å²) in [6, 6.07) is 3.98. The predicted octanol–water partition coefficient (Wildman–Crippen LogP) is 5.07. The van der Waals surface area contributed by atoms with Crippen molar-refractivity contribution in [1.82, 2.24) is 15.0 Å². The van der Waals surface area contributed by atoms with Crippen LogP contribution in [0, 0.1) is 12.3 Å². The van der Waals surface area contributed by atoms with Crippen molar-refractivity contribution in [2.75, 3.05) is 19.8 Å². The highest BCUT2D eigenvalue weighted by Gasteiger charge is 2.25. The zero-order chi connectivity index (χ0) is 29.3. The molecule has 2 rings (SSSR count). The number of hydrogen-bond donors (Lipinski definition) is 0. The molecule has 1 aromatic heterocycles. The van der Waals surface area contributed by atoms with E-state index in [0.717, 1.165) is 62.0 Å². The zero-order valence-corrected chi connectivity index (χ0v) is 26.0. The Balaban J connectivity index is 1.77. The van der Waals surface area contributed by atoms with Gasteiger partial charge in [-0.3, -0.25) is 9.48 Å². The Kier molecular flexibility index (Phi) is 12.0. The molecule has 39 heavy (non-hydrogen) atoms. The Hall–Kier alpha value is -2.39. The van der Waals surface area contributed by atoms with Crippen LogP contribution in [0.5, 0.6) is 11.5 Å². The van der Waals surface area contributed by atoms with Crippen LogP contribution >= 0.6 is 0 Å². The fourth-order valence-corrected chi connectivity index (χ4v) is 3.91. The molecular weight excluding hydrogens is 493 g/mol. The molecule has 0 spiro atoms. The van der Waals surface area contributed by atoms with Crippen molar-refractivity contribution in [2.45, 2.75) is 112 Å². The number of carbonyl (C=O) groups excluding carboxylic acids is 1. The summed E-state index contributed by atoms with van der Waals surface area (Å²) < 4.78 is 25.6. The molecule has 0 aliphatic rings. The van der Waals surface area contributed by atoms with Crippen molar-refractivity contribution < 1.29 is 23.7 Å². The highest BCUT2D eigenvalue weighted by atomic mass is 16.6. The highest BCUT2D eigenvalue weighted by molar-refractivity contribution is 6.08. The van der Waals surface area contributed by atoms with Crippen LogP contribution in [0.1, 0.15) is 91.5 Å². The lowest BCUT2D eigenvalue weighted by atomic mass is 9.95. The van der Waals surface area contributed by atoms with Crippen molar-refractivity contribution in [2.24, 2.45) is 5.41 Å². The first-order chi connectivity index (χ1) is 18.1. The molecule has 0 N–H and O–H groups in total. The SMILES string of the molecule is BCc1cc(C)c(OC(C)=O)c(OCCCc2cn(CCC(C)(C)OCCC(C)(C)OCC(C)(C)C)nn2)c1. The van der Waals surface area contributed by atoms with Crippen LogP contribution in [0.25, 0.3) is 0 Å². The summed E-state index contributed by atoms with van der Waals surface area (Å²) in [6.45, 7) is 21.0. The van der Waals surface area contributed by atoms with Crippen molar-refractivity contribution in [1.29, 1.82) is 0 Å². The minimum absolute atomic E-state index is 0.148. The van der Waals surface area contributed by atoms with Gasteiger partial charge in [0.2, 0.25) is 0 Å². The molecule has 0 saturated carbocycles. The van der Waals surface area contributed by atoms with E-state index < -0.39 is 0 Å². The topological polar surface area (TPSA) is 84.7 Å². The summed E-state index contributed by atoms with van der Waals surface area (Å²) >= 11 is 0. The molecule has 0 amide bonds. The lowest BCUT2D eigenvalue weighted by molar-refractivity contribution is -0.132. The van der Waals surface area contributed by atoms with Crippen LogP contribution in [-0.2, 0) is 33.6 Å². The lowest BCUT2D eigenvalue weighted by Gasteiger charge is -2.32. The number of rotatable bonds is 16. The average Bonchev–Trinajstić information content (AvgIpc) is 3.28. The normalized spacial score (nSPS) is 12.5. The van der Waals surface area contributed by atoms with E-state index in [1.165, 1.54) is 6.92 Å². The van der Waals surface area contributed by atoms with E-state index >= 15 is 0 Å². The van der Waals surface area contributed by atoms with Gasteiger partial charge in [0.05, 0.1) is 36.7 Å². The van der Waals surface area contributed by atoms with Gasteiger partial charge in [-0.05, 0) is 77.3 Å². The van der Waals surface area contributed by atoms with E-state index in [0.29, 0.717) is 24.7 Å². The molecule has 218 valence electrons. The van der Waals surface area contributed by atoms with Gasteiger partial charge in [0.25, 0.3) is 0 Å². The third-order valence-electron chi connectivity index (χ3n) is 6.41. The molecule has 0 saturated heterocycles. The number of ether oxygens (including phenoxy) is 4. The molecule has 0 bridgehead atoms. The smallest absolute Gasteiger partial charge is 0.308 e. The molecule has 0 radical (unpaired) electrons. The maximum Gasteiger partial charge on any atom is 0.308 e. The van der Waals surface area contributed by atoms with Crippen molar-refractivity contribution in [3.8, 4) is 11.5 Å². The van der Waals surface area contributed by atoms with Gasteiger partial charge < -0.3 is 18.9 Å². The number of hydrogen-bond acceptors (Lipinski definition) is 7. The summed E-state index contributed by atoms with van der Waals surface area (Å²) in [7, 11) is 2.09. The van der Waals surface area contributed by atoms with E-state index in [9.17, 15) is 4.79 Å². The maximum atomic E-state index is 11.5. The Labute approximate surface area is 236 Å². The summed E-state index contributed by atoms with van der Waals surface area (Å²) in [6.07, 6.45) is 6.06. The molecule has 9 heteroatoms. The van der Waals surface area contributed by atoms with Crippen molar-refractivity contribution in [3.63, 3.8) is 0 Å². The number of nitrogens with zero attached hydrogens (tertiary/aromatic N) is 3. The Bertz CT molecular complexity index is 1060. The van der Waals surface area contributed by atoms with Crippen molar-refractivity contribution in [3.05, 3.63) is 35.2 Å². The monoisotopic (exact) mass is 543 g/mol. The highest BCUT2D eigenvalue weighted by Crippen LogP contribution is 2.33. The Morgan fingerprint density at radius 3 is 2.33 bits per heavy atom. The molecule has 2 aromatic rings. The van der Waals surface area contributed by atoms with Gasteiger partial charge in [0, 0.05) is 19.7 Å². The minimum atomic E-state index is -0.355. The number of aryl methyl sites for hydroxylation is 3. The second-order valence-electron chi connectivity index (χ2n) is 12.8. The van der Waals surface area contributed by atoms with Crippen LogP contribution < -0.4 is 9.47 Å². The second-order valence-corrected chi connectivity index (χ2v) is 12.8. The van der Waals surface area contributed by atoms with E-state index in [4.69, 9.17) is 18.9 Å². The first kappa shape index (κ1) is 32.8. The minimum Gasteiger partial charge on any atom is -0.490 e. The zero-order valence-electron chi connectivity index (χ0n) is 26.0. The Morgan fingerprint density at radius 2 is 1.69 bits per heavy atom. The molecule has 0 atom stereocenters. The average molecular weight is 544 g/mol. The summed E-state index contributed by atoms with van der Waals surface area (Å²) in [5.41, 5.74) is 2.63. The third-order valence-corrected chi connectivity index (χ3v) is 6.41. The molecule has 8 nitrogen and oxygen atoms in total. The van der Waals surface area contributed by atoms with Crippen LogP contribution in [0.2, 0.25) is 0 Å². The van der Waals surface area contributed by atoms with Gasteiger partial charge in [-0.2, -0.15) is 0 Å². The van der Waals surface area contributed by atoms with Gasteiger partial charge in [0.15, 0.2) is 11.5 Å².